The Kier molecular flexibility index (Phi) is 5.71. The van der Waals surface area contributed by atoms with E-state index in [2.05, 4.69) is 17.4 Å². The van der Waals surface area contributed by atoms with Crippen molar-refractivity contribution in [2.45, 2.75) is 32.3 Å². The summed E-state index contributed by atoms with van der Waals surface area (Å²) in [5, 5.41) is 3.18. The van der Waals surface area contributed by atoms with Gasteiger partial charge in [-0.05, 0) is 62.7 Å². The van der Waals surface area contributed by atoms with Gasteiger partial charge in [-0.3, -0.25) is 4.79 Å². The molecular formula is C21H25NO3. The minimum atomic E-state index is -0.121. The van der Waals surface area contributed by atoms with Crippen LogP contribution in [-0.2, 0) is 4.79 Å². The zero-order valence-electron chi connectivity index (χ0n) is 14.8. The molecule has 4 heteroatoms. The Balaban J connectivity index is 1.71. The van der Waals surface area contributed by atoms with Gasteiger partial charge in [-0.15, -0.1) is 0 Å². The van der Waals surface area contributed by atoms with Crippen LogP contribution in [-0.4, -0.2) is 19.6 Å². The maximum atomic E-state index is 11.8. The minimum Gasteiger partial charge on any atom is -0.485 e. The van der Waals surface area contributed by atoms with E-state index >= 15 is 0 Å². The molecule has 0 aromatic heterocycles. The van der Waals surface area contributed by atoms with Crippen molar-refractivity contribution in [2.24, 2.45) is 5.92 Å². The monoisotopic (exact) mass is 339 g/mol. The number of esters is 1. The van der Waals surface area contributed by atoms with Crippen molar-refractivity contribution >= 4 is 5.97 Å². The van der Waals surface area contributed by atoms with E-state index in [-0.39, 0.29) is 18.0 Å². The fourth-order valence-corrected chi connectivity index (χ4v) is 2.73. The molecule has 1 N–H and O–H groups in total. The number of carbonyl (C=O) groups excluding carboxylic acids is 1. The predicted molar refractivity (Wildman–Crippen MR) is 97.9 cm³/mol. The molecule has 1 aliphatic rings. The summed E-state index contributed by atoms with van der Waals surface area (Å²) in [6.45, 7) is 2.85. The molecule has 0 saturated heterocycles. The fourth-order valence-electron chi connectivity index (χ4n) is 2.73. The van der Waals surface area contributed by atoms with Gasteiger partial charge in [0.2, 0.25) is 0 Å². The molecule has 0 amide bonds. The van der Waals surface area contributed by atoms with E-state index < -0.39 is 0 Å². The number of ether oxygens (including phenoxy) is 2. The van der Waals surface area contributed by atoms with Gasteiger partial charge in [0.05, 0.1) is 5.92 Å². The largest absolute Gasteiger partial charge is 0.485 e. The van der Waals surface area contributed by atoms with Crippen molar-refractivity contribution in [2.75, 3.05) is 13.6 Å². The molecule has 25 heavy (non-hydrogen) atoms. The highest BCUT2D eigenvalue weighted by Crippen LogP contribution is 2.33. The Morgan fingerprint density at radius 3 is 2.60 bits per heavy atom. The molecule has 1 aliphatic carbocycles. The fraction of sp³-hybridized carbons (Fsp3) is 0.381. The molecule has 132 valence electrons. The van der Waals surface area contributed by atoms with Crippen molar-refractivity contribution in [3.05, 3.63) is 59.7 Å². The van der Waals surface area contributed by atoms with Crippen LogP contribution in [0.15, 0.2) is 48.5 Å². The molecule has 0 spiro atoms. The molecule has 2 aromatic carbocycles. The third-order valence-corrected chi connectivity index (χ3v) is 4.37. The Hall–Kier alpha value is -2.33. The van der Waals surface area contributed by atoms with Crippen LogP contribution in [0.3, 0.4) is 0 Å². The first-order valence-corrected chi connectivity index (χ1v) is 8.86. The summed E-state index contributed by atoms with van der Waals surface area (Å²) in [7, 11) is 1.94. The highest BCUT2D eigenvalue weighted by atomic mass is 16.5. The van der Waals surface area contributed by atoms with Crippen LogP contribution in [0.4, 0.5) is 0 Å². The molecule has 1 atom stereocenters. The minimum absolute atomic E-state index is 0.0211. The van der Waals surface area contributed by atoms with E-state index in [1.807, 2.05) is 50.4 Å². The van der Waals surface area contributed by atoms with Gasteiger partial charge < -0.3 is 14.8 Å². The molecular weight excluding hydrogens is 314 g/mol. The van der Waals surface area contributed by atoms with Crippen LogP contribution in [0.25, 0.3) is 0 Å². The van der Waals surface area contributed by atoms with Gasteiger partial charge in [0.15, 0.2) is 0 Å². The average molecular weight is 339 g/mol. The van der Waals surface area contributed by atoms with Crippen molar-refractivity contribution in [1.82, 2.24) is 5.32 Å². The molecule has 3 rings (SSSR count). The summed E-state index contributed by atoms with van der Waals surface area (Å²) < 4.78 is 11.7. The van der Waals surface area contributed by atoms with Crippen LogP contribution in [0.5, 0.6) is 11.5 Å². The average Bonchev–Trinajstić information content (AvgIpc) is 3.46. The van der Waals surface area contributed by atoms with Crippen LogP contribution >= 0.6 is 0 Å². The Labute approximate surface area is 149 Å². The first-order chi connectivity index (χ1) is 12.2. The van der Waals surface area contributed by atoms with E-state index in [4.69, 9.17) is 9.47 Å². The van der Waals surface area contributed by atoms with Gasteiger partial charge in [0, 0.05) is 6.42 Å². The molecule has 2 aromatic rings. The summed E-state index contributed by atoms with van der Waals surface area (Å²) in [5.74, 6) is 1.38. The summed E-state index contributed by atoms with van der Waals surface area (Å²) in [4.78, 5) is 11.8. The van der Waals surface area contributed by atoms with E-state index in [0.717, 1.165) is 42.7 Å². The Bertz CT molecular complexity index is 710. The second-order valence-electron chi connectivity index (χ2n) is 6.53. The first kappa shape index (κ1) is 17.5. The number of rotatable bonds is 8. The van der Waals surface area contributed by atoms with Crippen LogP contribution in [0.2, 0.25) is 0 Å². The van der Waals surface area contributed by atoms with E-state index in [9.17, 15) is 4.79 Å². The lowest BCUT2D eigenvalue weighted by Gasteiger charge is -2.21. The number of aryl methyl sites for hydroxylation is 1. The topological polar surface area (TPSA) is 47.6 Å². The van der Waals surface area contributed by atoms with Crippen LogP contribution in [0, 0.1) is 12.8 Å². The predicted octanol–water partition coefficient (Wildman–Crippen LogP) is 4.04. The highest BCUT2D eigenvalue weighted by molar-refractivity contribution is 5.77. The quantitative estimate of drug-likeness (QED) is 0.582. The van der Waals surface area contributed by atoms with Crippen molar-refractivity contribution in [3.8, 4) is 11.5 Å². The summed E-state index contributed by atoms with van der Waals surface area (Å²) in [6.07, 6.45) is 2.75. The van der Waals surface area contributed by atoms with E-state index in [1.54, 1.807) is 0 Å². The zero-order valence-corrected chi connectivity index (χ0v) is 14.8. The van der Waals surface area contributed by atoms with Gasteiger partial charge in [-0.2, -0.15) is 0 Å². The first-order valence-electron chi connectivity index (χ1n) is 8.86. The Morgan fingerprint density at radius 1 is 1.20 bits per heavy atom. The van der Waals surface area contributed by atoms with Crippen LogP contribution < -0.4 is 14.8 Å². The van der Waals surface area contributed by atoms with E-state index in [0.29, 0.717) is 5.75 Å². The number of carbonyl (C=O) groups is 1. The number of benzene rings is 2. The maximum Gasteiger partial charge on any atom is 0.314 e. The standard InChI is InChI=1S/C21H25NO3/c1-15-14-18(24-21(23)17-8-9-17)10-11-19(15)25-20(12-13-22-2)16-6-4-3-5-7-16/h3-7,10-11,14,17,20,22H,8-9,12-13H2,1-2H3/t20-/m1/s1. The molecule has 1 fully saturated rings. The van der Waals surface area contributed by atoms with E-state index in [1.165, 1.54) is 0 Å². The lowest BCUT2D eigenvalue weighted by atomic mass is 10.1. The van der Waals surface area contributed by atoms with Crippen molar-refractivity contribution < 1.29 is 14.3 Å². The Morgan fingerprint density at radius 2 is 1.96 bits per heavy atom. The summed E-state index contributed by atoms with van der Waals surface area (Å²) in [5.41, 5.74) is 2.12. The van der Waals surface area contributed by atoms with Gasteiger partial charge >= 0.3 is 5.97 Å². The molecule has 0 radical (unpaired) electrons. The van der Waals surface area contributed by atoms with Gasteiger partial charge in [-0.1, -0.05) is 30.3 Å². The van der Waals surface area contributed by atoms with Crippen molar-refractivity contribution in [1.29, 1.82) is 0 Å². The molecule has 0 bridgehead atoms. The summed E-state index contributed by atoms with van der Waals surface area (Å²) >= 11 is 0. The lowest BCUT2D eigenvalue weighted by Crippen LogP contribution is -2.16. The highest BCUT2D eigenvalue weighted by Gasteiger charge is 2.31. The zero-order chi connectivity index (χ0) is 17.6. The molecule has 0 aliphatic heterocycles. The molecule has 0 heterocycles. The van der Waals surface area contributed by atoms with Crippen molar-refractivity contribution in [3.63, 3.8) is 0 Å². The van der Waals surface area contributed by atoms with Crippen LogP contribution in [0.1, 0.15) is 36.5 Å². The molecule has 0 unspecified atom stereocenters. The molecule has 1 saturated carbocycles. The number of nitrogens with one attached hydrogen (secondary N) is 1. The molecule has 4 nitrogen and oxygen atoms in total. The number of hydrogen-bond donors (Lipinski definition) is 1. The van der Waals surface area contributed by atoms with Gasteiger partial charge in [-0.25, -0.2) is 0 Å². The summed E-state index contributed by atoms with van der Waals surface area (Å²) in [6, 6.07) is 15.8. The lowest BCUT2D eigenvalue weighted by molar-refractivity contribution is -0.135. The maximum absolute atomic E-state index is 11.8. The van der Waals surface area contributed by atoms with Gasteiger partial charge in [0.25, 0.3) is 0 Å². The number of hydrogen-bond acceptors (Lipinski definition) is 4. The second-order valence-corrected chi connectivity index (χ2v) is 6.53. The van der Waals surface area contributed by atoms with Gasteiger partial charge in [0.1, 0.15) is 17.6 Å². The smallest absolute Gasteiger partial charge is 0.314 e. The SMILES string of the molecule is CNCC[C@@H](Oc1ccc(OC(=O)C2CC2)cc1C)c1ccccc1. The normalized spacial score (nSPS) is 14.8. The third-order valence-electron chi connectivity index (χ3n) is 4.37. The third kappa shape index (κ3) is 4.83. The second kappa shape index (κ2) is 8.17.